The van der Waals surface area contributed by atoms with E-state index in [1.54, 1.807) is 0 Å². The van der Waals surface area contributed by atoms with Gasteiger partial charge in [0.1, 0.15) is 0 Å². The van der Waals surface area contributed by atoms with E-state index in [2.05, 4.69) is 39.3 Å². The lowest BCUT2D eigenvalue weighted by Crippen LogP contribution is -2.70. The zero-order valence-corrected chi connectivity index (χ0v) is 23.7. The molecule has 0 N–H and O–H groups in total. The second kappa shape index (κ2) is 7.23. The van der Waals surface area contributed by atoms with Gasteiger partial charge in [-0.15, -0.1) is 0 Å². The fraction of sp³-hybridized carbons (Fsp3) is 1.00. The summed E-state index contributed by atoms with van der Waals surface area (Å²) >= 11 is 12.6. The van der Waals surface area contributed by atoms with E-state index >= 15 is 0 Å². The van der Waals surface area contributed by atoms with Crippen LogP contribution in [0.1, 0.15) is 0 Å². The maximum Gasteiger partial charge on any atom is 0.640 e. The van der Waals surface area contributed by atoms with E-state index in [-0.39, 0.29) is 0 Å². The fourth-order valence-corrected chi connectivity index (χ4v) is 29.1. The van der Waals surface area contributed by atoms with Crippen molar-refractivity contribution in [3.8, 4) is 0 Å². The number of halogens is 2. The highest BCUT2D eigenvalue weighted by Gasteiger charge is 2.63. The molecule has 1 aliphatic rings. The molecule has 0 aromatic rings. The van der Waals surface area contributed by atoms with Crippen molar-refractivity contribution in [1.82, 2.24) is 0 Å². The molecule has 14 heteroatoms. The van der Waals surface area contributed by atoms with E-state index in [1.165, 1.54) is 0 Å². The minimum atomic E-state index is -3.47. The van der Waals surface area contributed by atoms with Crippen LogP contribution in [0.4, 0.5) is 0 Å². The SMILES string of the molecule is C[Si](C)(C)O[Si]1(O[Si](C)(C)C)O[Si](C)(C)O[Si](Cl)(Cl)O[Si](C)(C)O1. The molecule has 1 heterocycles. The Morgan fingerprint density at radius 3 is 1.17 bits per heavy atom. The predicted octanol–water partition coefficient (Wildman–Crippen LogP) is 4.52. The lowest BCUT2D eigenvalue weighted by Gasteiger charge is -2.47. The average Bonchev–Trinajstić information content (AvgIpc) is 1.98. The van der Waals surface area contributed by atoms with Crippen molar-refractivity contribution in [3.05, 3.63) is 0 Å². The monoisotopic (exact) mass is 484 g/mol. The first-order chi connectivity index (χ1) is 10.2. The van der Waals surface area contributed by atoms with Gasteiger partial charge in [-0.2, -0.15) is 0 Å². The van der Waals surface area contributed by atoms with E-state index < -0.39 is 50.0 Å². The van der Waals surface area contributed by atoms with Crippen LogP contribution in [0.2, 0.25) is 65.5 Å². The molecule has 6 nitrogen and oxygen atoms in total. The summed E-state index contributed by atoms with van der Waals surface area (Å²) in [7, 11) is -16.5. The molecule has 24 heavy (non-hydrogen) atoms. The molecule has 1 saturated heterocycles. The molecular formula is C10H30Cl2O6Si6. The van der Waals surface area contributed by atoms with Gasteiger partial charge in [0.2, 0.25) is 0 Å². The van der Waals surface area contributed by atoms with Crippen LogP contribution >= 0.6 is 22.2 Å². The molecule has 144 valence electrons. The van der Waals surface area contributed by atoms with E-state index in [9.17, 15) is 0 Å². The summed E-state index contributed by atoms with van der Waals surface area (Å²) in [5.74, 6) is 0. The number of rotatable bonds is 4. The van der Waals surface area contributed by atoms with Gasteiger partial charge in [-0.1, -0.05) is 22.2 Å². The molecule has 0 bridgehead atoms. The van der Waals surface area contributed by atoms with Gasteiger partial charge in [0.15, 0.2) is 16.6 Å². The highest BCUT2D eigenvalue weighted by atomic mass is 35.7. The largest absolute Gasteiger partial charge is 0.640 e. The van der Waals surface area contributed by atoms with Crippen molar-refractivity contribution in [1.29, 1.82) is 0 Å². The molecule has 0 saturated carbocycles. The van der Waals surface area contributed by atoms with E-state index in [0.717, 1.165) is 0 Å². The van der Waals surface area contributed by atoms with Crippen molar-refractivity contribution < 1.29 is 24.7 Å². The zero-order chi connectivity index (χ0) is 19.2. The normalized spacial score (nSPS) is 26.5. The van der Waals surface area contributed by atoms with Crippen LogP contribution in [0.5, 0.6) is 0 Å². The standard InChI is InChI=1S/C10H30Cl2O6Si6/c1-19(2,3)13-24(14-20(4,5)6)17-21(7,8)15-23(11,12)16-22(9,10)18-24/h1-10H3. The summed E-state index contributed by atoms with van der Waals surface area (Å²) in [6.45, 7) is 19.9. The van der Waals surface area contributed by atoms with Crippen LogP contribution < -0.4 is 0 Å². The number of hydrogen-bond donors (Lipinski definition) is 0. The zero-order valence-electron chi connectivity index (χ0n) is 16.2. The molecule has 0 unspecified atom stereocenters. The molecule has 0 atom stereocenters. The highest BCUT2D eigenvalue weighted by molar-refractivity contribution is 7.41. The Bertz CT molecular complexity index is 424. The summed E-state index contributed by atoms with van der Waals surface area (Å²) in [5.41, 5.74) is 0. The van der Waals surface area contributed by atoms with Crippen molar-refractivity contribution in [2.45, 2.75) is 65.5 Å². The molecule has 0 spiro atoms. The van der Waals surface area contributed by atoms with Gasteiger partial charge in [0.25, 0.3) is 0 Å². The van der Waals surface area contributed by atoms with Gasteiger partial charge in [-0.3, -0.25) is 0 Å². The van der Waals surface area contributed by atoms with Gasteiger partial charge in [0, 0.05) is 0 Å². The maximum absolute atomic E-state index is 6.40. The van der Waals surface area contributed by atoms with Gasteiger partial charge < -0.3 is 24.7 Å². The number of hydrogen-bond acceptors (Lipinski definition) is 6. The second-order valence-corrected chi connectivity index (χ2v) is 33.0. The Hall–Kier alpha value is 1.64. The third-order valence-electron chi connectivity index (χ3n) is 2.33. The molecule has 0 aliphatic carbocycles. The Balaban J connectivity index is 3.36. The third-order valence-corrected chi connectivity index (χ3v) is 23.8. The molecule has 1 rings (SSSR count). The Kier molecular flexibility index (Phi) is 7.13. The molecule has 1 aliphatic heterocycles. The summed E-state index contributed by atoms with van der Waals surface area (Å²) < 4.78 is 37.4. The van der Waals surface area contributed by atoms with Crippen molar-refractivity contribution in [3.63, 3.8) is 0 Å². The maximum atomic E-state index is 6.40. The van der Waals surface area contributed by atoms with E-state index in [0.29, 0.717) is 0 Å². The second-order valence-electron chi connectivity index (χ2n) is 8.60. The minimum absolute atomic E-state index is 1.86. The summed E-state index contributed by atoms with van der Waals surface area (Å²) in [5, 5.41) is 0. The van der Waals surface area contributed by atoms with E-state index in [4.69, 9.17) is 46.8 Å². The Morgan fingerprint density at radius 1 is 0.625 bits per heavy atom. The van der Waals surface area contributed by atoms with Crippen molar-refractivity contribution >= 4 is 72.1 Å². The molecule has 0 radical (unpaired) electrons. The van der Waals surface area contributed by atoms with Crippen molar-refractivity contribution in [2.24, 2.45) is 0 Å². The van der Waals surface area contributed by atoms with Crippen LogP contribution in [-0.2, 0) is 24.7 Å². The summed E-state index contributed by atoms with van der Waals surface area (Å²) in [6, 6.07) is 0. The van der Waals surface area contributed by atoms with Crippen LogP contribution in [0.15, 0.2) is 0 Å². The fourth-order valence-electron chi connectivity index (χ4n) is 2.11. The third kappa shape index (κ3) is 8.55. The smallest absolute Gasteiger partial charge is 0.396 e. The highest BCUT2D eigenvalue weighted by Crippen LogP contribution is 2.37. The lowest BCUT2D eigenvalue weighted by molar-refractivity contribution is 0.111. The van der Waals surface area contributed by atoms with Crippen molar-refractivity contribution in [2.75, 3.05) is 0 Å². The molecule has 0 amide bonds. The predicted molar refractivity (Wildman–Crippen MR) is 111 cm³/mol. The first-order valence-electron chi connectivity index (χ1n) is 7.83. The summed E-state index contributed by atoms with van der Waals surface area (Å²) in [6.07, 6.45) is 0. The Morgan fingerprint density at radius 2 is 0.917 bits per heavy atom. The summed E-state index contributed by atoms with van der Waals surface area (Å²) in [4.78, 5) is 0. The molecular weight excluding hydrogens is 456 g/mol. The molecule has 0 aromatic heterocycles. The topological polar surface area (TPSA) is 55.4 Å². The first-order valence-corrected chi connectivity index (χ1v) is 25.8. The van der Waals surface area contributed by atoms with Gasteiger partial charge in [0.05, 0.1) is 0 Å². The van der Waals surface area contributed by atoms with Crippen LogP contribution in [0.3, 0.4) is 0 Å². The van der Waals surface area contributed by atoms with Gasteiger partial charge >= 0.3 is 33.4 Å². The van der Waals surface area contributed by atoms with Crippen LogP contribution in [0, 0.1) is 0 Å². The van der Waals surface area contributed by atoms with Crippen LogP contribution in [0.25, 0.3) is 0 Å². The Labute approximate surface area is 161 Å². The molecule has 1 fully saturated rings. The quantitative estimate of drug-likeness (QED) is 0.431. The van der Waals surface area contributed by atoms with Gasteiger partial charge in [-0.05, 0) is 65.5 Å². The van der Waals surface area contributed by atoms with E-state index in [1.807, 2.05) is 26.2 Å². The van der Waals surface area contributed by atoms with Gasteiger partial charge in [-0.25, -0.2) is 0 Å². The average molecular weight is 486 g/mol. The lowest BCUT2D eigenvalue weighted by atomic mass is 11.8. The first kappa shape index (κ1) is 23.7. The molecule has 0 aromatic carbocycles. The minimum Gasteiger partial charge on any atom is -0.396 e. The van der Waals surface area contributed by atoms with Crippen LogP contribution in [-0.4, -0.2) is 50.0 Å².